The van der Waals surface area contributed by atoms with Gasteiger partial charge in [-0.1, -0.05) is 6.07 Å². The Morgan fingerprint density at radius 1 is 1.42 bits per heavy atom. The standard InChI is InChI=1S/C10H14N2/c11-6-8-2-1-7-3-4-9(12)5-10(7)8/h3-5,8H,1-2,6,11-12H2. The van der Waals surface area contributed by atoms with Gasteiger partial charge in [0.05, 0.1) is 0 Å². The smallest absolute Gasteiger partial charge is 0.0317 e. The minimum Gasteiger partial charge on any atom is -0.399 e. The lowest BCUT2D eigenvalue weighted by molar-refractivity contribution is 0.688. The molecule has 0 bridgehead atoms. The molecule has 0 aliphatic heterocycles. The first-order valence-corrected chi connectivity index (χ1v) is 4.39. The van der Waals surface area contributed by atoms with Gasteiger partial charge in [0.15, 0.2) is 0 Å². The fourth-order valence-corrected chi connectivity index (χ4v) is 1.95. The van der Waals surface area contributed by atoms with E-state index in [1.807, 2.05) is 6.07 Å². The van der Waals surface area contributed by atoms with E-state index in [4.69, 9.17) is 11.5 Å². The topological polar surface area (TPSA) is 52.0 Å². The lowest BCUT2D eigenvalue weighted by Gasteiger charge is -2.07. The van der Waals surface area contributed by atoms with Gasteiger partial charge in [-0.25, -0.2) is 0 Å². The molecule has 2 nitrogen and oxygen atoms in total. The third-order valence-corrected chi connectivity index (χ3v) is 2.66. The van der Waals surface area contributed by atoms with Crippen LogP contribution in [0.3, 0.4) is 0 Å². The molecule has 2 rings (SSSR count). The molecule has 1 aliphatic carbocycles. The maximum absolute atomic E-state index is 5.71. The first-order chi connectivity index (χ1) is 5.81. The van der Waals surface area contributed by atoms with E-state index >= 15 is 0 Å². The SMILES string of the molecule is NCC1CCc2ccc(N)cc21. The van der Waals surface area contributed by atoms with Crippen LogP contribution in [0.4, 0.5) is 5.69 Å². The van der Waals surface area contributed by atoms with Crippen molar-refractivity contribution in [2.45, 2.75) is 18.8 Å². The van der Waals surface area contributed by atoms with Gasteiger partial charge in [0.2, 0.25) is 0 Å². The van der Waals surface area contributed by atoms with E-state index in [9.17, 15) is 0 Å². The maximum Gasteiger partial charge on any atom is 0.0317 e. The summed E-state index contributed by atoms with van der Waals surface area (Å²) in [6.07, 6.45) is 2.35. The van der Waals surface area contributed by atoms with E-state index in [2.05, 4.69) is 12.1 Å². The second-order valence-corrected chi connectivity index (χ2v) is 3.43. The average Bonchev–Trinajstić information content (AvgIpc) is 2.46. The minimum atomic E-state index is 0.545. The van der Waals surface area contributed by atoms with Gasteiger partial charge in [-0.2, -0.15) is 0 Å². The van der Waals surface area contributed by atoms with Crippen LogP contribution in [0.25, 0.3) is 0 Å². The molecule has 64 valence electrons. The Morgan fingerprint density at radius 2 is 2.25 bits per heavy atom. The summed E-state index contributed by atoms with van der Waals surface area (Å²) in [6.45, 7) is 0.746. The van der Waals surface area contributed by atoms with E-state index < -0.39 is 0 Å². The zero-order chi connectivity index (χ0) is 8.55. The summed E-state index contributed by atoms with van der Waals surface area (Å²) in [7, 11) is 0. The quantitative estimate of drug-likeness (QED) is 0.611. The van der Waals surface area contributed by atoms with Crippen LogP contribution in [0.2, 0.25) is 0 Å². The highest BCUT2D eigenvalue weighted by atomic mass is 14.6. The molecule has 0 spiro atoms. The van der Waals surface area contributed by atoms with Crippen molar-refractivity contribution in [3.63, 3.8) is 0 Å². The van der Waals surface area contributed by atoms with Crippen molar-refractivity contribution in [3.8, 4) is 0 Å². The van der Waals surface area contributed by atoms with E-state index in [1.54, 1.807) is 0 Å². The number of benzene rings is 1. The summed E-state index contributed by atoms with van der Waals surface area (Å²) in [5, 5.41) is 0. The summed E-state index contributed by atoms with van der Waals surface area (Å²) in [6, 6.07) is 6.16. The van der Waals surface area contributed by atoms with Gasteiger partial charge in [0.25, 0.3) is 0 Å². The van der Waals surface area contributed by atoms with E-state index in [-0.39, 0.29) is 0 Å². The van der Waals surface area contributed by atoms with Gasteiger partial charge in [-0.15, -0.1) is 0 Å². The predicted octanol–water partition coefficient (Wildman–Crippen LogP) is 1.26. The second-order valence-electron chi connectivity index (χ2n) is 3.43. The fraction of sp³-hybridized carbons (Fsp3) is 0.400. The highest BCUT2D eigenvalue weighted by molar-refractivity contribution is 5.48. The lowest BCUT2D eigenvalue weighted by Crippen LogP contribution is -2.09. The van der Waals surface area contributed by atoms with Gasteiger partial charge in [-0.05, 0) is 48.6 Å². The van der Waals surface area contributed by atoms with E-state index in [0.29, 0.717) is 5.92 Å². The van der Waals surface area contributed by atoms with Crippen molar-refractivity contribution in [1.29, 1.82) is 0 Å². The molecule has 1 aliphatic rings. The maximum atomic E-state index is 5.71. The molecule has 0 amide bonds. The Morgan fingerprint density at radius 3 is 3.00 bits per heavy atom. The summed E-state index contributed by atoms with van der Waals surface area (Å²) in [5.74, 6) is 0.545. The third kappa shape index (κ3) is 1.08. The number of nitrogens with two attached hydrogens (primary N) is 2. The number of aryl methyl sites for hydroxylation is 1. The zero-order valence-corrected chi connectivity index (χ0v) is 7.09. The normalized spacial score (nSPS) is 20.9. The Bertz CT molecular complexity index is 294. The van der Waals surface area contributed by atoms with Gasteiger partial charge < -0.3 is 11.5 Å². The summed E-state index contributed by atoms with van der Waals surface area (Å²) < 4.78 is 0. The molecule has 1 aromatic carbocycles. The molecule has 0 fully saturated rings. The van der Waals surface area contributed by atoms with Gasteiger partial charge in [0, 0.05) is 5.69 Å². The highest BCUT2D eigenvalue weighted by Crippen LogP contribution is 2.33. The number of nitrogen functional groups attached to an aromatic ring is 1. The van der Waals surface area contributed by atoms with Crippen molar-refractivity contribution in [2.24, 2.45) is 5.73 Å². The summed E-state index contributed by atoms with van der Waals surface area (Å²) in [4.78, 5) is 0. The average molecular weight is 162 g/mol. The minimum absolute atomic E-state index is 0.545. The van der Waals surface area contributed by atoms with Crippen molar-refractivity contribution in [2.75, 3.05) is 12.3 Å². The van der Waals surface area contributed by atoms with Crippen LogP contribution in [0.15, 0.2) is 18.2 Å². The number of fused-ring (bicyclic) bond motifs is 1. The number of hydrogen-bond acceptors (Lipinski definition) is 2. The van der Waals surface area contributed by atoms with Gasteiger partial charge in [0.1, 0.15) is 0 Å². The van der Waals surface area contributed by atoms with Crippen LogP contribution in [-0.2, 0) is 6.42 Å². The Hall–Kier alpha value is -1.02. The van der Waals surface area contributed by atoms with Gasteiger partial charge in [-0.3, -0.25) is 0 Å². The fourth-order valence-electron chi connectivity index (χ4n) is 1.95. The molecule has 0 heterocycles. The first kappa shape index (κ1) is 7.62. The van der Waals surface area contributed by atoms with Crippen molar-refractivity contribution in [1.82, 2.24) is 0 Å². The lowest BCUT2D eigenvalue weighted by atomic mass is 10.0. The zero-order valence-electron chi connectivity index (χ0n) is 7.09. The second kappa shape index (κ2) is 2.79. The number of anilines is 1. The number of hydrogen-bond donors (Lipinski definition) is 2. The third-order valence-electron chi connectivity index (χ3n) is 2.66. The Balaban J connectivity index is 2.42. The summed E-state index contributed by atoms with van der Waals surface area (Å²) >= 11 is 0. The molecule has 2 heteroatoms. The molecule has 0 saturated carbocycles. The number of rotatable bonds is 1. The molecule has 0 radical (unpaired) electrons. The molecular weight excluding hydrogens is 148 g/mol. The van der Waals surface area contributed by atoms with E-state index in [0.717, 1.165) is 18.7 Å². The van der Waals surface area contributed by atoms with Crippen LogP contribution >= 0.6 is 0 Å². The first-order valence-electron chi connectivity index (χ1n) is 4.39. The van der Waals surface area contributed by atoms with Crippen LogP contribution in [-0.4, -0.2) is 6.54 Å². The van der Waals surface area contributed by atoms with Crippen molar-refractivity contribution >= 4 is 5.69 Å². The monoisotopic (exact) mass is 162 g/mol. The molecule has 0 aromatic heterocycles. The Kier molecular flexibility index (Phi) is 1.77. The largest absolute Gasteiger partial charge is 0.399 e. The molecule has 4 N–H and O–H groups in total. The predicted molar refractivity (Wildman–Crippen MR) is 51.0 cm³/mol. The molecule has 1 aromatic rings. The van der Waals surface area contributed by atoms with Crippen molar-refractivity contribution < 1.29 is 0 Å². The van der Waals surface area contributed by atoms with Crippen LogP contribution in [0, 0.1) is 0 Å². The van der Waals surface area contributed by atoms with Gasteiger partial charge >= 0.3 is 0 Å². The molecule has 1 unspecified atom stereocenters. The highest BCUT2D eigenvalue weighted by Gasteiger charge is 2.20. The van der Waals surface area contributed by atoms with Crippen LogP contribution < -0.4 is 11.5 Å². The molecule has 12 heavy (non-hydrogen) atoms. The molecule has 1 atom stereocenters. The molecule has 0 saturated heterocycles. The van der Waals surface area contributed by atoms with Crippen LogP contribution in [0.1, 0.15) is 23.5 Å². The van der Waals surface area contributed by atoms with E-state index in [1.165, 1.54) is 17.5 Å². The summed E-state index contributed by atoms with van der Waals surface area (Å²) in [5.41, 5.74) is 15.0. The van der Waals surface area contributed by atoms with Crippen LogP contribution in [0.5, 0.6) is 0 Å². The van der Waals surface area contributed by atoms with Crippen molar-refractivity contribution in [3.05, 3.63) is 29.3 Å². The Labute approximate surface area is 72.6 Å². The molecular formula is C10H14N2.